The molecule has 0 saturated heterocycles. The second-order valence-corrected chi connectivity index (χ2v) is 5.66. The van der Waals surface area contributed by atoms with Gasteiger partial charge in [-0.1, -0.05) is 25.1 Å². The number of hydrogen-bond donors (Lipinski definition) is 1. The van der Waals surface area contributed by atoms with Crippen molar-refractivity contribution in [3.63, 3.8) is 0 Å². The highest BCUT2D eigenvalue weighted by Crippen LogP contribution is 2.31. The van der Waals surface area contributed by atoms with E-state index in [2.05, 4.69) is 56.2 Å². The Labute approximate surface area is 113 Å². The summed E-state index contributed by atoms with van der Waals surface area (Å²) < 4.78 is 0. The third-order valence-corrected chi connectivity index (χ3v) is 4.51. The van der Waals surface area contributed by atoms with E-state index in [1.165, 1.54) is 21.6 Å². The number of aromatic nitrogens is 1. The van der Waals surface area contributed by atoms with Gasteiger partial charge in [-0.25, -0.2) is 4.98 Å². The van der Waals surface area contributed by atoms with Crippen molar-refractivity contribution in [3.8, 4) is 10.6 Å². The minimum atomic E-state index is 0.381. The first-order valence-corrected chi connectivity index (χ1v) is 7.20. The number of benzene rings is 1. The van der Waals surface area contributed by atoms with Gasteiger partial charge < -0.3 is 5.32 Å². The van der Waals surface area contributed by atoms with E-state index in [0.717, 1.165) is 11.6 Å². The van der Waals surface area contributed by atoms with Crippen LogP contribution in [0.4, 0.5) is 0 Å². The summed E-state index contributed by atoms with van der Waals surface area (Å²) in [5, 5.41) is 4.54. The number of aryl methyl sites for hydroxylation is 1. The van der Waals surface area contributed by atoms with Crippen LogP contribution >= 0.6 is 11.3 Å². The Bertz CT molecular complexity index is 531. The average Bonchev–Trinajstić information content (AvgIpc) is 2.82. The van der Waals surface area contributed by atoms with Crippen LogP contribution in [0.25, 0.3) is 10.6 Å². The molecule has 2 rings (SSSR count). The van der Waals surface area contributed by atoms with Crippen molar-refractivity contribution in [1.82, 2.24) is 10.3 Å². The van der Waals surface area contributed by atoms with Gasteiger partial charge in [0.15, 0.2) is 0 Å². The Morgan fingerprint density at radius 3 is 2.83 bits per heavy atom. The van der Waals surface area contributed by atoms with Crippen LogP contribution < -0.4 is 5.32 Å². The van der Waals surface area contributed by atoms with Crippen LogP contribution in [0.1, 0.15) is 35.9 Å². The van der Waals surface area contributed by atoms with E-state index in [1.807, 2.05) is 6.20 Å². The molecule has 96 valence electrons. The fourth-order valence-electron chi connectivity index (χ4n) is 2.00. The Hall–Kier alpha value is -1.19. The minimum absolute atomic E-state index is 0.381. The first kappa shape index (κ1) is 13.2. The Balaban J connectivity index is 2.32. The molecule has 0 radical (unpaired) electrons. The summed E-state index contributed by atoms with van der Waals surface area (Å²) in [4.78, 5) is 5.87. The van der Waals surface area contributed by atoms with Crippen LogP contribution in [0.2, 0.25) is 0 Å². The molecule has 1 aromatic carbocycles. The highest BCUT2D eigenvalue weighted by atomic mass is 32.1. The maximum Gasteiger partial charge on any atom is 0.123 e. The summed E-state index contributed by atoms with van der Waals surface area (Å²) in [6.45, 7) is 9.61. The molecule has 0 amide bonds. The first-order valence-electron chi connectivity index (χ1n) is 6.39. The summed E-state index contributed by atoms with van der Waals surface area (Å²) in [5.41, 5.74) is 3.91. The highest BCUT2D eigenvalue weighted by Gasteiger charge is 2.11. The molecule has 1 heterocycles. The predicted octanol–water partition coefficient (Wildman–Crippen LogP) is 4.10. The Morgan fingerprint density at radius 2 is 2.11 bits per heavy atom. The summed E-state index contributed by atoms with van der Waals surface area (Å²) in [7, 11) is 0. The molecule has 2 aromatic rings. The van der Waals surface area contributed by atoms with Gasteiger partial charge >= 0.3 is 0 Å². The number of hydrogen-bond acceptors (Lipinski definition) is 3. The van der Waals surface area contributed by atoms with Crippen molar-refractivity contribution < 1.29 is 0 Å². The lowest BCUT2D eigenvalue weighted by Crippen LogP contribution is -2.16. The quantitative estimate of drug-likeness (QED) is 0.895. The third-order valence-electron chi connectivity index (χ3n) is 3.30. The zero-order valence-electron chi connectivity index (χ0n) is 11.4. The van der Waals surface area contributed by atoms with Crippen molar-refractivity contribution in [2.45, 2.75) is 33.7 Å². The maximum atomic E-state index is 4.57. The largest absolute Gasteiger partial charge is 0.310 e. The molecule has 1 aromatic heterocycles. The fraction of sp³-hybridized carbons (Fsp3) is 0.400. The van der Waals surface area contributed by atoms with Gasteiger partial charge in [0.2, 0.25) is 0 Å². The SMILES string of the molecule is CCNC(C)c1cnc(-c2cccc(C)c2C)s1. The van der Waals surface area contributed by atoms with Crippen molar-refractivity contribution in [2.24, 2.45) is 0 Å². The molecule has 0 spiro atoms. The first-order chi connectivity index (χ1) is 8.63. The molecule has 0 aliphatic carbocycles. The van der Waals surface area contributed by atoms with Crippen LogP contribution in [0.5, 0.6) is 0 Å². The van der Waals surface area contributed by atoms with Gasteiger partial charge in [-0.2, -0.15) is 0 Å². The van der Waals surface area contributed by atoms with Crippen LogP contribution in [-0.2, 0) is 0 Å². The smallest absolute Gasteiger partial charge is 0.123 e. The summed E-state index contributed by atoms with van der Waals surface area (Å²) in [6.07, 6.45) is 2.00. The van der Waals surface area contributed by atoms with Gasteiger partial charge in [0, 0.05) is 22.7 Å². The molecule has 3 heteroatoms. The van der Waals surface area contributed by atoms with E-state index in [9.17, 15) is 0 Å². The van der Waals surface area contributed by atoms with Crippen LogP contribution in [0.3, 0.4) is 0 Å². The summed E-state index contributed by atoms with van der Waals surface area (Å²) >= 11 is 1.78. The van der Waals surface area contributed by atoms with E-state index in [1.54, 1.807) is 11.3 Å². The predicted molar refractivity (Wildman–Crippen MR) is 79.1 cm³/mol. The molecular weight excluding hydrogens is 240 g/mol. The van der Waals surface area contributed by atoms with Gasteiger partial charge in [0.05, 0.1) is 0 Å². The standard InChI is InChI=1S/C15H20N2S/c1-5-16-12(4)14-9-17-15(18-14)13-8-6-7-10(2)11(13)3/h6-9,12,16H,5H2,1-4H3. The zero-order chi connectivity index (χ0) is 13.1. The lowest BCUT2D eigenvalue weighted by molar-refractivity contribution is 0.606. The minimum Gasteiger partial charge on any atom is -0.310 e. The van der Waals surface area contributed by atoms with Gasteiger partial charge in [-0.3, -0.25) is 0 Å². The molecule has 0 bridgehead atoms. The van der Waals surface area contributed by atoms with Crippen LogP contribution in [0, 0.1) is 13.8 Å². The Kier molecular flexibility index (Phi) is 4.15. The van der Waals surface area contributed by atoms with Gasteiger partial charge in [0.25, 0.3) is 0 Å². The monoisotopic (exact) mass is 260 g/mol. The topological polar surface area (TPSA) is 24.9 Å². The number of nitrogens with zero attached hydrogens (tertiary/aromatic N) is 1. The molecule has 0 aliphatic rings. The number of nitrogens with one attached hydrogen (secondary N) is 1. The van der Waals surface area contributed by atoms with Crippen molar-refractivity contribution in [3.05, 3.63) is 40.4 Å². The number of rotatable bonds is 4. The molecule has 1 atom stereocenters. The average molecular weight is 260 g/mol. The van der Waals surface area contributed by atoms with E-state index in [0.29, 0.717) is 6.04 Å². The normalized spacial score (nSPS) is 12.7. The highest BCUT2D eigenvalue weighted by molar-refractivity contribution is 7.15. The lowest BCUT2D eigenvalue weighted by Gasteiger charge is -2.08. The van der Waals surface area contributed by atoms with E-state index >= 15 is 0 Å². The zero-order valence-corrected chi connectivity index (χ0v) is 12.3. The molecular formula is C15H20N2S. The number of thiazole rings is 1. The molecule has 1 N–H and O–H groups in total. The lowest BCUT2D eigenvalue weighted by atomic mass is 10.0. The molecule has 0 saturated carbocycles. The molecule has 2 nitrogen and oxygen atoms in total. The molecule has 1 unspecified atom stereocenters. The Morgan fingerprint density at radius 1 is 1.33 bits per heavy atom. The van der Waals surface area contributed by atoms with Crippen LogP contribution in [0.15, 0.2) is 24.4 Å². The van der Waals surface area contributed by atoms with Crippen molar-refractivity contribution >= 4 is 11.3 Å². The third kappa shape index (κ3) is 2.62. The molecule has 0 aliphatic heterocycles. The van der Waals surface area contributed by atoms with E-state index in [4.69, 9.17) is 0 Å². The van der Waals surface area contributed by atoms with E-state index in [-0.39, 0.29) is 0 Å². The van der Waals surface area contributed by atoms with Gasteiger partial charge in [0.1, 0.15) is 5.01 Å². The maximum absolute atomic E-state index is 4.57. The van der Waals surface area contributed by atoms with E-state index < -0.39 is 0 Å². The van der Waals surface area contributed by atoms with Gasteiger partial charge in [-0.05, 0) is 38.4 Å². The van der Waals surface area contributed by atoms with Crippen LogP contribution in [-0.4, -0.2) is 11.5 Å². The molecule has 0 fully saturated rings. The summed E-state index contributed by atoms with van der Waals surface area (Å²) in [5.74, 6) is 0. The van der Waals surface area contributed by atoms with Crippen molar-refractivity contribution in [2.75, 3.05) is 6.54 Å². The second kappa shape index (κ2) is 5.63. The van der Waals surface area contributed by atoms with Crippen molar-refractivity contribution in [1.29, 1.82) is 0 Å². The molecule has 18 heavy (non-hydrogen) atoms. The van der Waals surface area contributed by atoms with Gasteiger partial charge in [-0.15, -0.1) is 11.3 Å². The second-order valence-electron chi connectivity index (χ2n) is 4.59. The fourth-order valence-corrected chi connectivity index (χ4v) is 3.03. The summed E-state index contributed by atoms with van der Waals surface area (Å²) in [6, 6.07) is 6.79.